The van der Waals surface area contributed by atoms with Crippen molar-refractivity contribution in [1.29, 1.82) is 0 Å². The Labute approximate surface area is 359 Å². The van der Waals surface area contributed by atoms with Crippen LogP contribution in [0.4, 0.5) is 9.59 Å². The highest BCUT2D eigenvalue weighted by Crippen LogP contribution is 2.55. The van der Waals surface area contributed by atoms with Crippen LogP contribution < -0.4 is 10.6 Å². The SMILES string of the molecule is COC(=O)NC(C(=O)N1[C@@H]2C[C@@H]2C[C@H]1c1ncc(-c2ccc(-c3ccc(-c4cnc([C@@H]5C[C@H]6C[C@H]6N5C(=O)C(NC(=O)OC)[C@@H]5CCCOC5)[nH]4)cc3)cc2)[nH]1)[C@@H]1CCCOC1. The molecule has 2 aliphatic carbocycles. The molecule has 4 aromatic rings. The summed E-state index contributed by atoms with van der Waals surface area (Å²) in [4.78, 5) is 73.6. The standard InChI is InChI=1S/C46H54N8O8/c1-59-45(57)51-39(29-5-3-15-61-23-29)43(55)53-35-17-31(35)19-37(53)41-47-21-33(49-41)27-11-7-25(8-12-27)26-9-13-28(14-10-26)34-22-48-42(50-34)38-20-32-18-36(32)54(38)44(56)40(52-46(58)60-2)30-6-4-16-62-24-30/h7-14,21-22,29-32,35-40H,3-6,15-20,23-24H2,1-2H3,(H,47,49)(H,48,50)(H,51,57)(H,52,58)/t29-,30-,31-,32-,35-,36-,37+,38+,39?,40?/m1/s1. The number of likely N-dealkylation sites (tertiary alicyclic amines) is 2. The van der Waals surface area contributed by atoms with Gasteiger partial charge in [0.1, 0.15) is 23.7 Å². The maximum absolute atomic E-state index is 14.2. The summed E-state index contributed by atoms with van der Waals surface area (Å²) < 4.78 is 21.2. The number of carbonyl (C=O) groups is 4. The second kappa shape index (κ2) is 16.9. The first kappa shape index (κ1) is 40.3. The van der Waals surface area contributed by atoms with Crippen LogP contribution in [0.15, 0.2) is 60.9 Å². The number of hydrogen-bond donors (Lipinski definition) is 4. The van der Waals surface area contributed by atoms with Crippen LogP contribution in [0, 0.1) is 23.7 Å². The molecule has 2 unspecified atom stereocenters. The molecule has 10 atom stereocenters. The Morgan fingerprint density at radius 2 is 1.03 bits per heavy atom. The van der Waals surface area contributed by atoms with Crippen LogP contribution in [0.25, 0.3) is 33.6 Å². The number of fused-ring (bicyclic) bond motifs is 2. The molecule has 2 aromatic carbocycles. The van der Waals surface area contributed by atoms with E-state index in [4.69, 9.17) is 28.9 Å². The summed E-state index contributed by atoms with van der Waals surface area (Å²) in [6.45, 7) is 2.17. The Hall–Kier alpha value is -5.74. The summed E-state index contributed by atoms with van der Waals surface area (Å²) in [7, 11) is 2.62. The number of aromatic nitrogens is 4. The molecular formula is C46H54N8O8. The van der Waals surface area contributed by atoms with E-state index < -0.39 is 24.3 Å². The lowest BCUT2D eigenvalue weighted by Gasteiger charge is -2.35. The molecule has 16 nitrogen and oxygen atoms in total. The molecule has 4 saturated heterocycles. The predicted octanol–water partition coefficient (Wildman–Crippen LogP) is 5.76. The third-order valence-electron chi connectivity index (χ3n) is 14.0. The maximum atomic E-state index is 14.2. The molecule has 326 valence electrons. The zero-order valence-electron chi connectivity index (χ0n) is 35.1. The summed E-state index contributed by atoms with van der Waals surface area (Å²) in [5, 5.41) is 5.65. The fourth-order valence-corrected chi connectivity index (χ4v) is 10.5. The Kier molecular flexibility index (Phi) is 11.0. The molecule has 10 rings (SSSR count). The number of nitrogens with zero attached hydrogens (tertiary/aromatic N) is 4. The topological polar surface area (TPSA) is 193 Å². The van der Waals surface area contributed by atoms with Gasteiger partial charge in [0.15, 0.2) is 0 Å². The van der Waals surface area contributed by atoms with E-state index in [0.717, 1.165) is 96.7 Å². The van der Waals surface area contributed by atoms with Crippen LogP contribution >= 0.6 is 0 Å². The van der Waals surface area contributed by atoms with E-state index in [-0.39, 0.29) is 47.8 Å². The van der Waals surface area contributed by atoms with E-state index in [1.54, 1.807) is 0 Å². The number of hydrogen-bond acceptors (Lipinski definition) is 10. The van der Waals surface area contributed by atoms with Gasteiger partial charge in [0.05, 0.1) is 63.3 Å². The first-order chi connectivity index (χ1) is 30.3. The molecule has 4 N–H and O–H groups in total. The summed E-state index contributed by atoms with van der Waals surface area (Å²) in [6, 6.07) is 15.1. The average Bonchev–Trinajstić information content (AvgIpc) is 3.90. The van der Waals surface area contributed by atoms with Gasteiger partial charge in [-0.3, -0.25) is 9.59 Å². The quantitative estimate of drug-likeness (QED) is 0.144. The van der Waals surface area contributed by atoms with Crippen molar-refractivity contribution in [2.45, 2.75) is 87.6 Å². The van der Waals surface area contributed by atoms with Gasteiger partial charge in [0.25, 0.3) is 0 Å². The summed E-state index contributed by atoms with van der Waals surface area (Å²) in [5.41, 5.74) is 5.83. The number of carbonyl (C=O) groups excluding carboxylic acids is 4. The first-order valence-corrected chi connectivity index (χ1v) is 22.1. The molecule has 4 amide bonds. The Morgan fingerprint density at radius 1 is 0.629 bits per heavy atom. The van der Waals surface area contributed by atoms with Gasteiger partial charge < -0.3 is 49.3 Å². The highest BCUT2D eigenvalue weighted by atomic mass is 16.5. The number of piperidine rings is 2. The zero-order chi connectivity index (χ0) is 42.5. The van der Waals surface area contributed by atoms with Crippen LogP contribution in [0.1, 0.15) is 75.1 Å². The maximum Gasteiger partial charge on any atom is 0.407 e. The third kappa shape index (κ3) is 7.82. The lowest BCUT2D eigenvalue weighted by molar-refractivity contribution is -0.139. The highest BCUT2D eigenvalue weighted by Gasteiger charge is 2.58. The first-order valence-electron chi connectivity index (χ1n) is 22.1. The van der Waals surface area contributed by atoms with Crippen LogP contribution in [0.5, 0.6) is 0 Å². The number of amides is 4. The van der Waals surface area contributed by atoms with Crippen molar-refractivity contribution in [3.05, 3.63) is 72.6 Å². The van der Waals surface area contributed by atoms with E-state index >= 15 is 0 Å². The number of ether oxygens (including phenoxy) is 4. The fraction of sp³-hybridized carbons (Fsp3) is 0.522. The number of imidazole rings is 2. The third-order valence-corrected chi connectivity index (χ3v) is 14.0. The number of aromatic amines is 2. The minimum absolute atomic E-state index is 0.101. The molecule has 62 heavy (non-hydrogen) atoms. The fourth-order valence-electron chi connectivity index (χ4n) is 10.5. The lowest BCUT2D eigenvalue weighted by atomic mass is 9.92. The number of rotatable bonds is 11. The van der Waals surface area contributed by atoms with Crippen molar-refractivity contribution < 1.29 is 38.1 Å². The van der Waals surface area contributed by atoms with Gasteiger partial charge in [-0.1, -0.05) is 48.5 Å². The molecule has 2 aromatic heterocycles. The van der Waals surface area contributed by atoms with E-state index in [9.17, 15) is 19.2 Å². The smallest absolute Gasteiger partial charge is 0.407 e. The van der Waals surface area contributed by atoms with Crippen molar-refractivity contribution in [2.75, 3.05) is 40.6 Å². The van der Waals surface area contributed by atoms with E-state index in [1.165, 1.54) is 14.2 Å². The average molecular weight is 847 g/mol. The number of benzene rings is 2. The molecule has 0 radical (unpaired) electrons. The molecule has 6 fully saturated rings. The predicted molar refractivity (Wildman–Crippen MR) is 225 cm³/mol. The largest absolute Gasteiger partial charge is 0.453 e. The Balaban J connectivity index is 0.804. The van der Waals surface area contributed by atoms with Gasteiger partial charge >= 0.3 is 12.2 Å². The van der Waals surface area contributed by atoms with Gasteiger partial charge in [-0.2, -0.15) is 0 Å². The molecule has 6 aliphatic rings. The summed E-state index contributed by atoms with van der Waals surface area (Å²) >= 11 is 0. The highest BCUT2D eigenvalue weighted by molar-refractivity contribution is 5.88. The molecule has 0 bridgehead atoms. The minimum atomic E-state index is -0.720. The van der Waals surface area contributed by atoms with Crippen molar-refractivity contribution in [2.24, 2.45) is 23.7 Å². The van der Waals surface area contributed by atoms with Crippen LogP contribution in [-0.4, -0.2) is 119 Å². The molecule has 0 spiro atoms. The van der Waals surface area contributed by atoms with Crippen LogP contribution in [0.3, 0.4) is 0 Å². The molecular weight excluding hydrogens is 793 g/mol. The monoisotopic (exact) mass is 846 g/mol. The van der Waals surface area contributed by atoms with Crippen LogP contribution in [-0.2, 0) is 28.5 Å². The zero-order valence-corrected chi connectivity index (χ0v) is 35.1. The van der Waals surface area contributed by atoms with Gasteiger partial charge in [-0.25, -0.2) is 19.6 Å². The Morgan fingerprint density at radius 3 is 1.40 bits per heavy atom. The van der Waals surface area contributed by atoms with Crippen molar-refractivity contribution in [3.63, 3.8) is 0 Å². The van der Waals surface area contributed by atoms with Gasteiger partial charge in [-0.05, 0) is 85.5 Å². The Bertz CT molecular complexity index is 2120. The van der Waals surface area contributed by atoms with Crippen molar-refractivity contribution in [3.8, 4) is 33.6 Å². The van der Waals surface area contributed by atoms with Gasteiger partial charge in [-0.15, -0.1) is 0 Å². The normalized spacial score (nSPS) is 28.3. The lowest BCUT2D eigenvalue weighted by Crippen LogP contribution is -2.54. The minimum Gasteiger partial charge on any atom is -0.453 e. The van der Waals surface area contributed by atoms with E-state index in [1.807, 2.05) is 22.2 Å². The van der Waals surface area contributed by atoms with Gasteiger partial charge in [0.2, 0.25) is 11.8 Å². The van der Waals surface area contributed by atoms with Crippen molar-refractivity contribution >= 4 is 24.0 Å². The van der Waals surface area contributed by atoms with Gasteiger partial charge in [0, 0.05) is 37.1 Å². The van der Waals surface area contributed by atoms with E-state index in [0.29, 0.717) is 38.3 Å². The second-order valence-corrected chi connectivity index (χ2v) is 17.8. The van der Waals surface area contributed by atoms with Crippen LogP contribution in [0.2, 0.25) is 0 Å². The number of nitrogens with one attached hydrogen (secondary N) is 4. The van der Waals surface area contributed by atoms with Crippen molar-refractivity contribution in [1.82, 2.24) is 40.4 Å². The molecule has 16 heteroatoms. The molecule has 6 heterocycles. The number of alkyl carbamates (subject to hydrolysis) is 2. The molecule has 4 aliphatic heterocycles. The summed E-state index contributed by atoms with van der Waals surface area (Å²) in [6.07, 6.45) is 9.30. The van der Waals surface area contributed by atoms with E-state index in [2.05, 4.69) is 69.1 Å². The molecule has 2 saturated carbocycles. The number of methoxy groups -OCH3 is 2. The summed E-state index contributed by atoms with van der Waals surface area (Å²) in [5.74, 6) is 1.91. The number of H-pyrrole nitrogens is 2. The second-order valence-electron chi connectivity index (χ2n) is 17.8.